The fourth-order valence-electron chi connectivity index (χ4n) is 1.87. The summed E-state index contributed by atoms with van der Waals surface area (Å²) in [5.74, 6) is -6.42. The first-order valence-corrected chi connectivity index (χ1v) is 4.27. The van der Waals surface area contributed by atoms with E-state index in [0.717, 1.165) is 0 Å². The summed E-state index contributed by atoms with van der Waals surface area (Å²) in [6, 6.07) is 0. The fourth-order valence-corrected chi connectivity index (χ4v) is 1.87. The molecule has 1 rings (SSSR count). The monoisotopic (exact) mass is 217 g/mol. The molecule has 0 spiro atoms. The molecule has 0 aliphatic heterocycles. The van der Waals surface area contributed by atoms with Crippen LogP contribution in [0.2, 0.25) is 0 Å². The Bertz CT molecular complexity index is 327. The molecule has 0 aromatic carbocycles. The highest BCUT2D eigenvalue weighted by atomic mass is 16.4. The molecule has 0 aromatic rings. The fraction of sp³-hybridized carbons (Fsp3) is 0.625. The molecule has 0 aromatic heterocycles. The zero-order valence-electron chi connectivity index (χ0n) is 7.71. The molecule has 0 saturated heterocycles. The topological polar surface area (TPSA) is 138 Å². The third kappa shape index (κ3) is 1.78. The Morgan fingerprint density at radius 1 is 1.13 bits per heavy atom. The lowest BCUT2D eigenvalue weighted by atomic mass is 9.88. The first kappa shape index (κ1) is 11.4. The molecule has 1 saturated carbocycles. The van der Waals surface area contributed by atoms with Gasteiger partial charge in [0.1, 0.15) is 5.54 Å². The SMILES string of the molecule is N[C@]1(C(=O)O)C[C@H](C(=O)O)C[C@H]1C(=O)O. The van der Waals surface area contributed by atoms with E-state index in [9.17, 15) is 14.4 Å². The van der Waals surface area contributed by atoms with E-state index in [4.69, 9.17) is 21.1 Å². The Morgan fingerprint density at radius 2 is 1.67 bits per heavy atom. The van der Waals surface area contributed by atoms with Crippen LogP contribution in [-0.2, 0) is 14.4 Å². The highest BCUT2D eigenvalue weighted by Gasteiger charge is 2.55. The molecule has 0 heterocycles. The number of carbonyl (C=O) groups is 3. The third-order valence-corrected chi connectivity index (χ3v) is 2.77. The van der Waals surface area contributed by atoms with Gasteiger partial charge in [0.05, 0.1) is 11.8 Å². The predicted molar refractivity (Wildman–Crippen MR) is 46.0 cm³/mol. The minimum absolute atomic E-state index is 0.243. The first-order chi connectivity index (χ1) is 6.79. The number of hydrogen-bond acceptors (Lipinski definition) is 4. The van der Waals surface area contributed by atoms with Gasteiger partial charge < -0.3 is 21.1 Å². The normalized spacial score (nSPS) is 35.0. The maximum Gasteiger partial charge on any atom is 0.324 e. The van der Waals surface area contributed by atoms with Crippen LogP contribution in [0.1, 0.15) is 12.8 Å². The molecule has 1 aliphatic carbocycles. The summed E-state index contributed by atoms with van der Waals surface area (Å²) >= 11 is 0. The van der Waals surface area contributed by atoms with Crippen molar-refractivity contribution in [1.29, 1.82) is 0 Å². The van der Waals surface area contributed by atoms with Crippen LogP contribution in [-0.4, -0.2) is 38.8 Å². The van der Waals surface area contributed by atoms with Gasteiger partial charge in [0.15, 0.2) is 0 Å². The highest BCUT2D eigenvalue weighted by Crippen LogP contribution is 2.38. The van der Waals surface area contributed by atoms with Gasteiger partial charge in [-0.2, -0.15) is 0 Å². The van der Waals surface area contributed by atoms with E-state index in [1.165, 1.54) is 0 Å². The second kappa shape index (κ2) is 3.50. The van der Waals surface area contributed by atoms with Gasteiger partial charge in [-0.05, 0) is 12.8 Å². The lowest BCUT2D eigenvalue weighted by molar-refractivity contribution is -0.153. The smallest absolute Gasteiger partial charge is 0.324 e. The van der Waals surface area contributed by atoms with Crippen molar-refractivity contribution in [2.45, 2.75) is 18.4 Å². The Balaban J connectivity index is 3.00. The number of hydrogen-bond donors (Lipinski definition) is 4. The van der Waals surface area contributed by atoms with Crippen molar-refractivity contribution in [3.63, 3.8) is 0 Å². The van der Waals surface area contributed by atoms with Crippen LogP contribution in [0.15, 0.2) is 0 Å². The predicted octanol–water partition coefficient (Wildman–Crippen LogP) is -1.04. The van der Waals surface area contributed by atoms with Gasteiger partial charge in [-0.3, -0.25) is 14.4 Å². The summed E-state index contributed by atoms with van der Waals surface area (Å²) in [6.07, 6.45) is -0.595. The molecule has 5 N–H and O–H groups in total. The minimum atomic E-state index is -1.98. The number of aliphatic carboxylic acids is 3. The molecule has 1 fully saturated rings. The number of nitrogens with two attached hydrogens (primary N) is 1. The van der Waals surface area contributed by atoms with Crippen molar-refractivity contribution in [2.75, 3.05) is 0 Å². The maximum atomic E-state index is 10.8. The zero-order chi connectivity index (χ0) is 11.8. The van der Waals surface area contributed by atoms with Crippen LogP contribution in [0.5, 0.6) is 0 Å². The van der Waals surface area contributed by atoms with Crippen LogP contribution >= 0.6 is 0 Å². The molecule has 0 radical (unpaired) electrons. The Kier molecular flexibility index (Phi) is 2.67. The van der Waals surface area contributed by atoms with E-state index in [-0.39, 0.29) is 12.8 Å². The minimum Gasteiger partial charge on any atom is -0.481 e. The van der Waals surface area contributed by atoms with E-state index < -0.39 is 35.3 Å². The largest absolute Gasteiger partial charge is 0.481 e. The van der Waals surface area contributed by atoms with E-state index in [2.05, 4.69) is 0 Å². The first-order valence-electron chi connectivity index (χ1n) is 4.27. The van der Waals surface area contributed by atoms with Gasteiger partial charge in [-0.15, -0.1) is 0 Å². The van der Waals surface area contributed by atoms with Crippen molar-refractivity contribution in [2.24, 2.45) is 17.6 Å². The third-order valence-electron chi connectivity index (χ3n) is 2.77. The summed E-state index contributed by atoms with van der Waals surface area (Å²) in [4.78, 5) is 32.2. The summed E-state index contributed by atoms with van der Waals surface area (Å²) in [5.41, 5.74) is 3.45. The molecule has 3 atom stereocenters. The highest BCUT2D eigenvalue weighted by molar-refractivity contribution is 5.89. The second-order valence-electron chi connectivity index (χ2n) is 3.71. The Hall–Kier alpha value is -1.63. The molecule has 0 amide bonds. The van der Waals surface area contributed by atoms with Gasteiger partial charge in [-0.1, -0.05) is 0 Å². The van der Waals surface area contributed by atoms with Crippen molar-refractivity contribution >= 4 is 17.9 Å². The quantitative estimate of drug-likeness (QED) is 0.473. The van der Waals surface area contributed by atoms with Crippen molar-refractivity contribution in [3.05, 3.63) is 0 Å². The Morgan fingerprint density at radius 3 is 1.93 bits per heavy atom. The molecule has 84 valence electrons. The molecule has 15 heavy (non-hydrogen) atoms. The number of carboxylic acid groups (broad SMARTS) is 3. The van der Waals surface area contributed by atoms with Crippen molar-refractivity contribution in [1.82, 2.24) is 0 Å². The lowest BCUT2D eigenvalue weighted by Crippen LogP contribution is -2.53. The lowest BCUT2D eigenvalue weighted by Gasteiger charge is -2.22. The number of rotatable bonds is 3. The van der Waals surface area contributed by atoms with Crippen LogP contribution < -0.4 is 5.73 Å². The Labute approximate surface area is 84.5 Å². The van der Waals surface area contributed by atoms with E-state index in [0.29, 0.717) is 0 Å². The van der Waals surface area contributed by atoms with Crippen LogP contribution in [0.4, 0.5) is 0 Å². The summed E-state index contributed by atoms with van der Waals surface area (Å²) < 4.78 is 0. The summed E-state index contributed by atoms with van der Waals surface area (Å²) in [5, 5.41) is 26.3. The average Bonchev–Trinajstić information content (AvgIpc) is 2.44. The molecular formula is C8H11NO6. The average molecular weight is 217 g/mol. The molecule has 7 nitrogen and oxygen atoms in total. The number of carboxylic acids is 3. The van der Waals surface area contributed by atoms with Crippen LogP contribution in [0, 0.1) is 11.8 Å². The van der Waals surface area contributed by atoms with Crippen LogP contribution in [0.25, 0.3) is 0 Å². The van der Waals surface area contributed by atoms with Gasteiger partial charge in [0, 0.05) is 0 Å². The van der Waals surface area contributed by atoms with Gasteiger partial charge in [-0.25, -0.2) is 0 Å². The summed E-state index contributed by atoms with van der Waals surface area (Å²) in [6.45, 7) is 0. The van der Waals surface area contributed by atoms with E-state index >= 15 is 0 Å². The second-order valence-corrected chi connectivity index (χ2v) is 3.71. The van der Waals surface area contributed by atoms with Crippen LogP contribution in [0.3, 0.4) is 0 Å². The molecule has 0 unspecified atom stereocenters. The summed E-state index contributed by atoms with van der Waals surface area (Å²) in [7, 11) is 0. The molecule has 7 heteroatoms. The standard InChI is InChI=1S/C8H11NO6/c9-8(7(14)15)2-3(5(10)11)1-4(8)6(12)13/h3-4H,1-2,9H2,(H,10,11)(H,12,13)(H,14,15)/t3-,4+,8-/m1/s1. The van der Waals surface area contributed by atoms with E-state index in [1.54, 1.807) is 0 Å². The molecule has 1 aliphatic rings. The zero-order valence-corrected chi connectivity index (χ0v) is 7.71. The van der Waals surface area contributed by atoms with Gasteiger partial charge in [0.25, 0.3) is 0 Å². The van der Waals surface area contributed by atoms with Gasteiger partial charge in [0.2, 0.25) is 0 Å². The maximum absolute atomic E-state index is 10.8. The van der Waals surface area contributed by atoms with Crippen molar-refractivity contribution in [3.8, 4) is 0 Å². The molecule has 0 bridgehead atoms. The van der Waals surface area contributed by atoms with Gasteiger partial charge >= 0.3 is 17.9 Å². The van der Waals surface area contributed by atoms with Crippen molar-refractivity contribution < 1.29 is 29.7 Å². The van der Waals surface area contributed by atoms with E-state index in [1.807, 2.05) is 0 Å². The molecular weight excluding hydrogens is 206 g/mol.